The van der Waals surface area contributed by atoms with E-state index in [2.05, 4.69) is 49.8 Å². The quantitative estimate of drug-likeness (QED) is 0.567. The number of esters is 1. The van der Waals surface area contributed by atoms with Crippen molar-refractivity contribution in [1.82, 2.24) is 0 Å². The first-order valence-electron chi connectivity index (χ1n) is 6.57. The van der Waals surface area contributed by atoms with Crippen LogP contribution in [0.4, 0.5) is 0 Å². The van der Waals surface area contributed by atoms with Crippen molar-refractivity contribution in [2.75, 3.05) is 7.11 Å². The number of ether oxygens (including phenoxy) is 1. The number of benzene rings is 1. The molecule has 0 radical (unpaired) electrons. The maximum atomic E-state index is 11.7. The largest absolute Gasteiger partial charge is 0.543 e. The van der Waals surface area contributed by atoms with Crippen LogP contribution in [0.2, 0.25) is 18.1 Å². The van der Waals surface area contributed by atoms with Gasteiger partial charge in [-0.3, -0.25) is 0 Å². The van der Waals surface area contributed by atoms with Crippen LogP contribution in [-0.2, 0) is 4.74 Å². The molecular weight excluding hydrogens is 336 g/mol. The monoisotopic (exact) mass is 358 g/mol. The molecular formula is C15H23BrO3Si. The molecule has 0 bridgehead atoms. The number of carbonyl (C=O) groups is 1. The number of hydrogen-bond acceptors (Lipinski definition) is 3. The van der Waals surface area contributed by atoms with E-state index in [0.29, 0.717) is 5.56 Å². The van der Waals surface area contributed by atoms with Gasteiger partial charge in [-0.1, -0.05) is 20.8 Å². The second kappa shape index (κ2) is 5.90. The fourth-order valence-electron chi connectivity index (χ4n) is 1.50. The molecule has 0 saturated carbocycles. The summed E-state index contributed by atoms with van der Waals surface area (Å²) in [5.74, 6) is 0.462. The SMILES string of the molecule is COC(=O)c1ccc(O[Si](C)(C)C(C)(C)C)c(Br)c1C. The average Bonchev–Trinajstić information content (AvgIpc) is 2.33. The van der Waals surface area contributed by atoms with Gasteiger partial charge >= 0.3 is 5.97 Å². The minimum atomic E-state index is -1.90. The van der Waals surface area contributed by atoms with Crippen LogP contribution in [0.5, 0.6) is 5.75 Å². The molecule has 0 N–H and O–H groups in total. The zero-order chi connectivity index (χ0) is 15.7. The van der Waals surface area contributed by atoms with Crippen LogP contribution in [-0.4, -0.2) is 21.4 Å². The maximum absolute atomic E-state index is 11.7. The van der Waals surface area contributed by atoms with Crippen LogP contribution in [0.25, 0.3) is 0 Å². The summed E-state index contributed by atoms with van der Waals surface area (Å²) in [6.45, 7) is 12.9. The second-order valence-electron chi connectivity index (χ2n) is 6.40. The number of carbonyl (C=O) groups excluding carboxylic acids is 1. The van der Waals surface area contributed by atoms with Crippen LogP contribution in [0.3, 0.4) is 0 Å². The molecule has 0 unspecified atom stereocenters. The number of halogens is 1. The van der Waals surface area contributed by atoms with Crippen molar-refractivity contribution in [3.05, 3.63) is 27.7 Å². The minimum absolute atomic E-state index is 0.126. The standard InChI is InChI=1S/C15H23BrO3Si/c1-10-11(14(17)18-5)8-9-12(13(10)16)19-20(6,7)15(2,3)4/h8-9H,1-7H3. The highest BCUT2D eigenvalue weighted by atomic mass is 79.9. The normalized spacial score (nSPS) is 12.2. The van der Waals surface area contributed by atoms with Crippen molar-refractivity contribution < 1.29 is 14.0 Å². The van der Waals surface area contributed by atoms with E-state index in [1.807, 2.05) is 13.0 Å². The highest BCUT2D eigenvalue weighted by molar-refractivity contribution is 9.10. The van der Waals surface area contributed by atoms with Crippen molar-refractivity contribution >= 4 is 30.2 Å². The smallest absolute Gasteiger partial charge is 0.338 e. The third-order valence-corrected chi connectivity index (χ3v) is 9.26. The fourth-order valence-corrected chi connectivity index (χ4v) is 3.10. The van der Waals surface area contributed by atoms with Gasteiger partial charge in [0.25, 0.3) is 8.32 Å². The van der Waals surface area contributed by atoms with Gasteiger partial charge in [0, 0.05) is 0 Å². The van der Waals surface area contributed by atoms with Crippen molar-refractivity contribution in [1.29, 1.82) is 0 Å². The fraction of sp³-hybridized carbons (Fsp3) is 0.533. The summed E-state index contributed by atoms with van der Waals surface area (Å²) in [6, 6.07) is 3.60. The van der Waals surface area contributed by atoms with Crippen LogP contribution < -0.4 is 4.43 Å². The molecule has 0 amide bonds. The molecule has 0 aliphatic rings. The van der Waals surface area contributed by atoms with Gasteiger partial charge < -0.3 is 9.16 Å². The zero-order valence-corrected chi connectivity index (χ0v) is 15.8. The zero-order valence-electron chi connectivity index (χ0n) is 13.3. The van der Waals surface area contributed by atoms with Gasteiger partial charge in [-0.05, 0) is 58.7 Å². The van der Waals surface area contributed by atoms with E-state index in [0.717, 1.165) is 15.8 Å². The summed E-state index contributed by atoms with van der Waals surface area (Å²) in [4.78, 5) is 11.7. The summed E-state index contributed by atoms with van der Waals surface area (Å²) in [5, 5.41) is 0.126. The minimum Gasteiger partial charge on any atom is -0.543 e. The van der Waals surface area contributed by atoms with Gasteiger partial charge in [0.05, 0.1) is 17.1 Å². The molecule has 0 fully saturated rings. The van der Waals surface area contributed by atoms with Gasteiger partial charge in [-0.2, -0.15) is 0 Å². The molecule has 1 rings (SSSR count). The molecule has 0 aliphatic carbocycles. The lowest BCUT2D eigenvalue weighted by Gasteiger charge is -2.37. The van der Waals surface area contributed by atoms with Gasteiger partial charge in [0.1, 0.15) is 5.75 Å². The lowest BCUT2D eigenvalue weighted by Crippen LogP contribution is -2.44. The Morgan fingerprint density at radius 2 is 1.80 bits per heavy atom. The Hall–Kier alpha value is -0.813. The van der Waals surface area contributed by atoms with E-state index in [1.54, 1.807) is 6.07 Å². The predicted octanol–water partition coefficient (Wildman–Crippen LogP) is 4.93. The first kappa shape index (κ1) is 17.2. The molecule has 1 aromatic rings. The van der Waals surface area contributed by atoms with Crippen LogP contribution >= 0.6 is 15.9 Å². The van der Waals surface area contributed by atoms with Crippen molar-refractivity contribution in [2.24, 2.45) is 0 Å². The third kappa shape index (κ3) is 3.44. The van der Waals surface area contributed by atoms with E-state index >= 15 is 0 Å². The van der Waals surface area contributed by atoms with Gasteiger partial charge in [0.2, 0.25) is 0 Å². The second-order valence-corrected chi connectivity index (χ2v) is 11.9. The third-order valence-electron chi connectivity index (χ3n) is 3.93. The molecule has 5 heteroatoms. The van der Waals surface area contributed by atoms with E-state index in [1.165, 1.54) is 7.11 Å². The molecule has 112 valence electrons. The molecule has 0 aromatic heterocycles. The topological polar surface area (TPSA) is 35.5 Å². The average molecular weight is 359 g/mol. The van der Waals surface area contributed by atoms with Crippen molar-refractivity contribution in [3.8, 4) is 5.75 Å². The maximum Gasteiger partial charge on any atom is 0.338 e. The Bertz CT molecular complexity index is 519. The lowest BCUT2D eigenvalue weighted by atomic mass is 10.1. The Morgan fingerprint density at radius 3 is 2.25 bits per heavy atom. The molecule has 3 nitrogen and oxygen atoms in total. The molecule has 0 saturated heterocycles. The van der Waals surface area contributed by atoms with E-state index in [9.17, 15) is 4.79 Å². The molecule has 0 aliphatic heterocycles. The Kier molecular flexibility index (Phi) is 5.08. The first-order valence-corrected chi connectivity index (χ1v) is 10.3. The van der Waals surface area contributed by atoms with Crippen molar-refractivity contribution in [3.63, 3.8) is 0 Å². The number of methoxy groups -OCH3 is 1. The van der Waals surface area contributed by atoms with Gasteiger partial charge in [-0.15, -0.1) is 0 Å². The summed E-state index contributed by atoms with van der Waals surface area (Å²) in [6.07, 6.45) is 0. The van der Waals surface area contributed by atoms with Crippen molar-refractivity contribution in [2.45, 2.75) is 45.8 Å². The highest BCUT2D eigenvalue weighted by Gasteiger charge is 2.39. The summed E-state index contributed by atoms with van der Waals surface area (Å²) < 4.78 is 11.9. The predicted molar refractivity (Wildman–Crippen MR) is 88.0 cm³/mol. The van der Waals surface area contributed by atoms with Gasteiger partial charge in [0.15, 0.2) is 0 Å². The summed E-state index contributed by atoms with van der Waals surface area (Å²) >= 11 is 3.54. The molecule has 20 heavy (non-hydrogen) atoms. The van der Waals surface area contributed by atoms with Crippen LogP contribution in [0.1, 0.15) is 36.7 Å². The lowest BCUT2D eigenvalue weighted by molar-refractivity contribution is 0.0600. The first-order chi connectivity index (χ1) is 9.01. The molecule has 0 atom stereocenters. The Labute approximate surface area is 130 Å². The number of hydrogen-bond donors (Lipinski definition) is 0. The summed E-state index contributed by atoms with van der Waals surface area (Å²) in [5.41, 5.74) is 1.40. The highest BCUT2D eigenvalue weighted by Crippen LogP contribution is 2.40. The van der Waals surface area contributed by atoms with Crippen LogP contribution in [0.15, 0.2) is 16.6 Å². The summed E-state index contributed by atoms with van der Waals surface area (Å²) in [7, 11) is -0.514. The number of rotatable bonds is 3. The van der Waals surface area contributed by atoms with Gasteiger partial charge in [-0.25, -0.2) is 4.79 Å². The van der Waals surface area contributed by atoms with Crippen LogP contribution in [0, 0.1) is 6.92 Å². The van der Waals surface area contributed by atoms with E-state index in [-0.39, 0.29) is 11.0 Å². The van der Waals surface area contributed by atoms with E-state index in [4.69, 9.17) is 9.16 Å². The Balaban J connectivity index is 3.18. The molecule has 0 spiro atoms. The molecule has 1 aromatic carbocycles. The van der Waals surface area contributed by atoms with E-state index < -0.39 is 8.32 Å². The Morgan fingerprint density at radius 1 is 1.25 bits per heavy atom. The molecule has 0 heterocycles.